The number of rotatable bonds is 2. The van der Waals surface area contributed by atoms with Crippen LogP contribution in [0.1, 0.15) is 31.1 Å². The summed E-state index contributed by atoms with van der Waals surface area (Å²) >= 11 is 12.4. The van der Waals surface area contributed by atoms with E-state index in [1.807, 2.05) is 24.8 Å². The van der Waals surface area contributed by atoms with Crippen LogP contribution < -0.4 is 0 Å². The Morgan fingerprint density at radius 3 is 2.82 bits per heavy atom. The van der Waals surface area contributed by atoms with Gasteiger partial charge in [-0.1, -0.05) is 29.3 Å². The van der Waals surface area contributed by atoms with Crippen molar-refractivity contribution < 1.29 is 9.53 Å². The summed E-state index contributed by atoms with van der Waals surface area (Å²) in [4.78, 5) is 17.6. The second kappa shape index (κ2) is 5.76. The number of nitrogens with zero attached hydrogens (tertiary/aromatic N) is 1. The van der Waals surface area contributed by atoms with Gasteiger partial charge in [-0.25, -0.2) is 0 Å². The zero-order valence-corrected chi connectivity index (χ0v) is 14.3. The van der Waals surface area contributed by atoms with Crippen LogP contribution in [-0.4, -0.2) is 35.5 Å². The number of hydrogen-bond donors (Lipinski definition) is 1. The fourth-order valence-electron chi connectivity index (χ4n) is 3.49. The largest absolute Gasteiger partial charge is 0.375 e. The zero-order valence-electron chi connectivity index (χ0n) is 12.7. The number of benzene rings is 1. The van der Waals surface area contributed by atoms with Crippen LogP contribution in [0, 0.1) is 0 Å². The van der Waals surface area contributed by atoms with Crippen molar-refractivity contribution in [3.05, 3.63) is 33.4 Å². The van der Waals surface area contributed by atoms with E-state index >= 15 is 0 Å². The standard InChI is InChI=1S/C16H18Cl2N2O2/c1-8-6-12-14(9(2)20(8)13(21)7-22-3)10-4-5-11(17)15(18)16(10)19-12/h4-5,8-9,19H,6-7H2,1-3H3/t8-,9+/m1/s1. The molecule has 0 aliphatic carbocycles. The van der Waals surface area contributed by atoms with Gasteiger partial charge in [0.25, 0.3) is 0 Å². The summed E-state index contributed by atoms with van der Waals surface area (Å²) in [5.74, 6) is 0.00237. The number of methoxy groups -OCH3 is 1. The summed E-state index contributed by atoms with van der Waals surface area (Å²) in [5, 5.41) is 2.09. The molecule has 0 saturated carbocycles. The molecular weight excluding hydrogens is 323 g/mol. The minimum atomic E-state index is -0.0348. The molecule has 2 heterocycles. The number of nitrogens with one attached hydrogen (secondary N) is 1. The zero-order chi connectivity index (χ0) is 16.0. The Bertz CT molecular complexity index is 741. The number of halogens is 2. The molecular formula is C16H18Cl2N2O2. The van der Waals surface area contributed by atoms with Gasteiger partial charge in [-0.2, -0.15) is 0 Å². The van der Waals surface area contributed by atoms with Gasteiger partial charge in [0.2, 0.25) is 5.91 Å². The Kier molecular flexibility index (Phi) is 4.10. The molecule has 22 heavy (non-hydrogen) atoms. The summed E-state index contributed by atoms with van der Waals surface area (Å²) in [6.07, 6.45) is 0.762. The molecule has 118 valence electrons. The number of aromatic nitrogens is 1. The highest BCUT2D eigenvalue weighted by Crippen LogP contribution is 2.41. The first-order chi connectivity index (χ1) is 10.5. The Morgan fingerprint density at radius 2 is 2.14 bits per heavy atom. The van der Waals surface area contributed by atoms with Crippen LogP contribution in [0.4, 0.5) is 0 Å². The quantitative estimate of drug-likeness (QED) is 0.899. The maximum atomic E-state index is 12.4. The highest BCUT2D eigenvalue weighted by atomic mass is 35.5. The summed E-state index contributed by atoms with van der Waals surface area (Å²) in [6.45, 7) is 4.18. The van der Waals surface area contributed by atoms with Gasteiger partial charge in [0.1, 0.15) is 6.61 Å². The topological polar surface area (TPSA) is 45.3 Å². The van der Waals surface area contributed by atoms with Crippen molar-refractivity contribution in [1.82, 2.24) is 9.88 Å². The molecule has 1 aromatic heterocycles. The van der Waals surface area contributed by atoms with Crippen LogP contribution in [0.5, 0.6) is 0 Å². The molecule has 0 spiro atoms. The number of carbonyl (C=O) groups is 1. The van der Waals surface area contributed by atoms with Crippen molar-refractivity contribution in [3.8, 4) is 0 Å². The number of fused-ring (bicyclic) bond motifs is 3. The van der Waals surface area contributed by atoms with Gasteiger partial charge in [-0.3, -0.25) is 4.79 Å². The van der Waals surface area contributed by atoms with Crippen molar-refractivity contribution >= 4 is 40.0 Å². The average Bonchev–Trinajstić information content (AvgIpc) is 2.82. The molecule has 0 fully saturated rings. The maximum absolute atomic E-state index is 12.4. The summed E-state index contributed by atoms with van der Waals surface area (Å²) < 4.78 is 5.01. The van der Waals surface area contributed by atoms with E-state index in [1.165, 1.54) is 7.11 Å². The molecule has 1 aromatic carbocycles. The molecule has 4 nitrogen and oxygen atoms in total. The Hall–Kier alpha value is -1.23. The molecule has 6 heteroatoms. The molecule has 0 unspecified atom stereocenters. The van der Waals surface area contributed by atoms with E-state index in [0.29, 0.717) is 10.0 Å². The highest BCUT2D eigenvalue weighted by Gasteiger charge is 2.35. The van der Waals surface area contributed by atoms with Crippen LogP contribution in [-0.2, 0) is 16.0 Å². The second-order valence-electron chi connectivity index (χ2n) is 5.76. The predicted octanol–water partition coefficient (Wildman–Crippen LogP) is 3.96. The van der Waals surface area contributed by atoms with Gasteiger partial charge < -0.3 is 14.6 Å². The molecule has 1 aliphatic rings. The highest BCUT2D eigenvalue weighted by molar-refractivity contribution is 6.45. The Labute approximate surface area is 139 Å². The second-order valence-corrected chi connectivity index (χ2v) is 6.55. The smallest absolute Gasteiger partial charge is 0.249 e. The monoisotopic (exact) mass is 340 g/mol. The molecule has 1 N–H and O–H groups in total. The number of aromatic amines is 1. The molecule has 3 rings (SSSR count). The van der Waals surface area contributed by atoms with E-state index in [1.54, 1.807) is 6.07 Å². The van der Waals surface area contributed by atoms with E-state index in [0.717, 1.165) is 28.6 Å². The summed E-state index contributed by atoms with van der Waals surface area (Å²) in [6, 6.07) is 3.83. The Morgan fingerprint density at radius 1 is 1.41 bits per heavy atom. The predicted molar refractivity (Wildman–Crippen MR) is 88.6 cm³/mol. The maximum Gasteiger partial charge on any atom is 0.249 e. The lowest BCUT2D eigenvalue weighted by Gasteiger charge is -2.39. The Balaban J connectivity index is 2.13. The van der Waals surface area contributed by atoms with Crippen molar-refractivity contribution in [3.63, 3.8) is 0 Å². The van der Waals surface area contributed by atoms with E-state index in [2.05, 4.69) is 4.98 Å². The first kappa shape index (κ1) is 15.7. The molecule has 0 saturated heterocycles. The number of H-pyrrole nitrogens is 1. The van der Waals surface area contributed by atoms with Gasteiger partial charge in [0.15, 0.2) is 0 Å². The van der Waals surface area contributed by atoms with Crippen molar-refractivity contribution in [1.29, 1.82) is 0 Å². The number of hydrogen-bond acceptors (Lipinski definition) is 2. The van der Waals surface area contributed by atoms with Gasteiger partial charge in [0, 0.05) is 36.2 Å². The van der Waals surface area contributed by atoms with Crippen LogP contribution in [0.3, 0.4) is 0 Å². The molecule has 0 radical (unpaired) electrons. The van der Waals surface area contributed by atoms with Crippen molar-refractivity contribution in [2.75, 3.05) is 13.7 Å². The third-order valence-electron chi connectivity index (χ3n) is 4.35. The van der Waals surface area contributed by atoms with Gasteiger partial charge in [-0.05, 0) is 19.9 Å². The number of amides is 1. The number of ether oxygens (including phenoxy) is 1. The summed E-state index contributed by atoms with van der Waals surface area (Å²) in [7, 11) is 1.54. The van der Waals surface area contributed by atoms with E-state index in [-0.39, 0.29) is 24.6 Å². The van der Waals surface area contributed by atoms with Crippen LogP contribution in [0.2, 0.25) is 10.0 Å². The third kappa shape index (κ3) is 2.30. The van der Waals surface area contributed by atoms with Crippen molar-refractivity contribution in [2.24, 2.45) is 0 Å². The molecule has 1 aliphatic heterocycles. The molecule has 1 amide bonds. The first-order valence-electron chi connectivity index (χ1n) is 7.24. The SMILES string of the molecule is COCC(=O)N1[C@H](C)Cc2[nH]c3c(Cl)c(Cl)ccc3c2[C@@H]1C. The molecule has 2 aromatic rings. The summed E-state index contributed by atoms with van der Waals surface area (Å²) in [5.41, 5.74) is 3.09. The average molecular weight is 341 g/mol. The van der Waals surface area contributed by atoms with E-state index < -0.39 is 0 Å². The first-order valence-corrected chi connectivity index (χ1v) is 7.99. The van der Waals surface area contributed by atoms with Gasteiger partial charge in [0.05, 0.1) is 21.6 Å². The fourth-order valence-corrected chi connectivity index (χ4v) is 3.86. The minimum absolute atomic E-state index is 0.00237. The normalized spacial score (nSPS) is 21.2. The lowest BCUT2D eigenvalue weighted by Crippen LogP contribution is -2.46. The lowest BCUT2D eigenvalue weighted by molar-refractivity contribution is -0.140. The third-order valence-corrected chi connectivity index (χ3v) is 5.16. The van der Waals surface area contributed by atoms with E-state index in [9.17, 15) is 4.79 Å². The van der Waals surface area contributed by atoms with Crippen LogP contribution in [0.15, 0.2) is 12.1 Å². The van der Waals surface area contributed by atoms with Gasteiger partial charge >= 0.3 is 0 Å². The minimum Gasteiger partial charge on any atom is -0.375 e. The molecule has 0 bridgehead atoms. The van der Waals surface area contributed by atoms with Crippen LogP contribution >= 0.6 is 23.2 Å². The lowest BCUT2D eigenvalue weighted by atomic mass is 9.93. The number of carbonyl (C=O) groups excluding carboxylic acids is 1. The molecule has 2 atom stereocenters. The van der Waals surface area contributed by atoms with E-state index in [4.69, 9.17) is 27.9 Å². The van der Waals surface area contributed by atoms with Crippen molar-refractivity contribution in [2.45, 2.75) is 32.4 Å². The van der Waals surface area contributed by atoms with Crippen LogP contribution in [0.25, 0.3) is 10.9 Å². The fraction of sp³-hybridized carbons (Fsp3) is 0.438. The van der Waals surface area contributed by atoms with Gasteiger partial charge in [-0.15, -0.1) is 0 Å².